The van der Waals surface area contributed by atoms with Crippen molar-refractivity contribution in [2.75, 3.05) is 6.61 Å². The molecule has 96 valence electrons. The Kier molecular flexibility index (Phi) is 3.59. The largest absolute Gasteiger partial charge is 0.478 e. The lowest BCUT2D eigenvalue weighted by molar-refractivity contribution is 0.311. The maximum absolute atomic E-state index is 5.69. The summed E-state index contributed by atoms with van der Waals surface area (Å²) >= 11 is 0. The average molecular weight is 251 g/mol. The lowest BCUT2D eigenvalue weighted by Crippen LogP contribution is -2.09. The molecule has 0 bridgehead atoms. The Labute approximate surface area is 113 Å². The van der Waals surface area contributed by atoms with Crippen LogP contribution in [0.3, 0.4) is 0 Å². The van der Waals surface area contributed by atoms with E-state index in [9.17, 15) is 0 Å². The van der Waals surface area contributed by atoms with Gasteiger partial charge in [-0.15, -0.1) is 0 Å². The molecule has 0 saturated heterocycles. The van der Waals surface area contributed by atoms with Gasteiger partial charge in [-0.25, -0.2) is 4.99 Å². The predicted molar refractivity (Wildman–Crippen MR) is 77.5 cm³/mol. The summed E-state index contributed by atoms with van der Waals surface area (Å²) in [6.07, 6.45) is 1.76. The van der Waals surface area contributed by atoms with Crippen molar-refractivity contribution >= 4 is 5.90 Å². The van der Waals surface area contributed by atoms with Crippen molar-refractivity contribution in [3.05, 3.63) is 71.8 Å². The maximum atomic E-state index is 5.69. The lowest BCUT2D eigenvalue weighted by atomic mass is 10.1. The van der Waals surface area contributed by atoms with Crippen LogP contribution in [-0.2, 0) is 17.6 Å². The van der Waals surface area contributed by atoms with Gasteiger partial charge < -0.3 is 4.74 Å². The van der Waals surface area contributed by atoms with Crippen LogP contribution in [0.1, 0.15) is 11.1 Å². The van der Waals surface area contributed by atoms with Crippen LogP contribution in [0, 0.1) is 0 Å². The fraction of sp³-hybridized carbons (Fsp3) is 0.235. The second-order valence-corrected chi connectivity index (χ2v) is 4.84. The molecule has 1 aliphatic heterocycles. The molecular formula is C17H17NO. The van der Waals surface area contributed by atoms with Gasteiger partial charge in [-0.1, -0.05) is 60.7 Å². The lowest BCUT2D eigenvalue weighted by Gasteiger charge is -2.04. The zero-order valence-electron chi connectivity index (χ0n) is 10.8. The average Bonchev–Trinajstić information content (AvgIpc) is 2.88. The molecule has 0 aliphatic carbocycles. The molecule has 1 atom stereocenters. The van der Waals surface area contributed by atoms with Crippen molar-refractivity contribution in [2.24, 2.45) is 4.99 Å². The predicted octanol–water partition coefficient (Wildman–Crippen LogP) is 3.27. The zero-order chi connectivity index (χ0) is 12.9. The van der Waals surface area contributed by atoms with Gasteiger partial charge in [0.2, 0.25) is 0 Å². The van der Waals surface area contributed by atoms with Gasteiger partial charge in [0.15, 0.2) is 5.90 Å². The van der Waals surface area contributed by atoms with Crippen molar-refractivity contribution in [3.63, 3.8) is 0 Å². The summed E-state index contributed by atoms with van der Waals surface area (Å²) in [6, 6.07) is 21.1. The van der Waals surface area contributed by atoms with E-state index in [1.54, 1.807) is 0 Å². The van der Waals surface area contributed by atoms with Crippen LogP contribution in [0.4, 0.5) is 0 Å². The second-order valence-electron chi connectivity index (χ2n) is 4.84. The minimum atomic E-state index is 0.265. The molecule has 2 nitrogen and oxygen atoms in total. The number of aliphatic imine (C=N–C) groups is 1. The summed E-state index contributed by atoms with van der Waals surface area (Å²) in [5, 5.41) is 0. The first-order valence-electron chi connectivity index (χ1n) is 6.67. The van der Waals surface area contributed by atoms with E-state index in [1.807, 2.05) is 24.3 Å². The first kappa shape index (κ1) is 12.0. The first-order valence-corrected chi connectivity index (χ1v) is 6.67. The van der Waals surface area contributed by atoms with Gasteiger partial charge in [0.1, 0.15) is 6.61 Å². The van der Waals surface area contributed by atoms with Crippen LogP contribution in [0.5, 0.6) is 0 Å². The van der Waals surface area contributed by atoms with E-state index in [-0.39, 0.29) is 6.04 Å². The Bertz CT molecular complexity index is 548. The van der Waals surface area contributed by atoms with E-state index in [0.717, 1.165) is 18.7 Å². The van der Waals surface area contributed by atoms with Crippen molar-refractivity contribution in [1.82, 2.24) is 0 Å². The first-order chi connectivity index (χ1) is 9.40. The van der Waals surface area contributed by atoms with Crippen molar-refractivity contribution in [1.29, 1.82) is 0 Å². The Hall–Kier alpha value is -2.09. The van der Waals surface area contributed by atoms with Gasteiger partial charge in [0.25, 0.3) is 0 Å². The van der Waals surface area contributed by atoms with E-state index in [4.69, 9.17) is 4.74 Å². The van der Waals surface area contributed by atoms with Crippen molar-refractivity contribution in [3.8, 4) is 0 Å². The van der Waals surface area contributed by atoms with E-state index >= 15 is 0 Å². The van der Waals surface area contributed by atoms with Gasteiger partial charge in [0, 0.05) is 6.42 Å². The van der Waals surface area contributed by atoms with Gasteiger partial charge in [-0.2, -0.15) is 0 Å². The number of rotatable bonds is 4. The molecule has 1 aliphatic rings. The van der Waals surface area contributed by atoms with E-state index < -0.39 is 0 Å². The third-order valence-electron chi connectivity index (χ3n) is 3.28. The smallest absolute Gasteiger partial charge is 0.188 e. The van der Waals surface area contributed by atoms with E-state index in [2.05, 4.69) is 41.4 Å². The summed E-state index contributed by atoms with van der Waals surface area (Å²) in [5.41, 5.74) is 2.57. The van der Waals surface area contributed by atoms with Gasteiger partial charge >= 0.3 is 0 Å². The quantitative estimate of drug-likeness (QED) is 0.817. The molecule has 0 amide bonds. The molecular weight excluding hydrogens is 234 g/mol. The number of ether oxygens (including phenoxy) is 1. The summed E-state index contributed by atoms with van der Waals surface area (Å²) in [4.78, 5) is 4.67. The molecule has 0 aromatic heterocycles. The topological polar surface area (TPSA) is 21.6 Å². The third kappa shape index (κ3) is 3.22. The second kappa shape index (κ2) is 5.70. The van der Waals surface area contributed by atoms with Crippen LogP contribution in [-0.4, -0.2) is 18.5 Å². The van der Waals surface area contributed by atoms with Crippen LogP contribution >= 0.6 is 0 Å². The number of benzene rings is 2. The summed E-state index contributed by atoms with van der Waals surface area (Å²) in [6.45, 7) is 0.705. The highest BCUT2D eigenvalue weighted by Crippen LogP contribution is 2.14. The van der Waals surface area contributed by atoms with Gasteiger partial charge in [-0.05, 0) is 17.5 Å². The Morgan fingerprint density at radius 3 is 2.21 bits per heavy atom. The molecule has 0 saturated carbocycles. The zero-order valence-corrected chi connectivity index (χ0v) is 10.8. The molecule has 2 heteroatoms. The SMILES string of the molecule is c1ccc(CC2=N[C@@H](Cc3ccccc3)CO2)cc1. The molecule has 0 N–H and O–H groups in total. The minimum absolute atomic E-state index is 0.265. The molecule has 0 spiro atoms. The van der Waals surface area contributed by atoms with Crippen LogP contribution in [0.15, 0.2) is 65.7 Å². The van der Waals surface area contributed by atoms with E-state index in [0.29, 0.717) is 6.61 Å². The minimum Gasteiger partial charge on any atom is -0.478 e. The van der Waals surface area contributed by atoms with Crippen molar-refractivity contribution in [2.45, 2.75) is 18.9 Å². The third-order valence-corrected chi connectivity index (χ3v) is 3.28. The monoisotopic (exact) mass is 251 g/mol. The van der Waals surface area contributed by atoms with Gasteiger partial charge in [-0.3, -0.25) is 0 Å². The van der Waals surface area contributed by atoms with Gasteiger partial charge in [0.05, 0.1) is 6.04 Å². The summed E-state index contributed by atoms with van der Waals surface area (Å²) in [5.74, 6) is 0.868. The molecule has 19 heavy (non-hydrogen) atoms. The maximum Gasteiger partial charge on any atom is 0.188 e. The molecule has 2 aromatic rings. The normalized spacial score (nSPS) is 17.9. The Morgan fingerprint density at radius 1 is 0.895 bits per heavy atom. The molecule has 1 heterocycles. The standard InChI is InChI=1S/C17H17NO/c1-3-7-14(8-4-1)11-16-13-19-17(18-16)12-15-9-5-2-6-10-15/h1-10,16H,11-13H2/t16-/m0/s1. The highest BCUT2D eigenvalue weighted by Gasteiger charge is 2.19. The molecule has 0 radical (unpaired) electrons. The Balaban J connectivity index is 1.62. The number of nitrogens with zero attached hydrogens (tertiary/aromatic N) is 1. The van der Waals surface area contributed by atoms with Crippen LogP contribution in [0.2, 0.25) is 0 Å². The molecule has 2 aromatic carbocycles. The fourth-order valence-corrected chi connectivity index (χ4v) is 2.33. The summed E-state index contributed by atoms with van der Waals surface area (Å²) in [7, 11) is 0. The Morgan fingerprint density at radius 2 is 1.53 bits per heavy atom. The highest BCUT2D eigenvalue weighted by molar-refractivity contribution is 5.80. The van der Waals surface area contributed by atoms with Crippen LogP contribution < -0.4 is 0 Å². The van der Waals surface area contributed by atoms with Crippen LogP contribution in [0.25, 0.3) is 0 Å². The number of hydrogen-bond donors (Lipinski definition) is 0. The fourth-order valence-electron chi connectivity index (χ4n) is 2.33. The molecule has 0 fully saturated rings. The summed E-state index contributed by atoms with van der Waals surface area (Å²) < 4.78 is 5.69. The molecule has 3 rings (SSSR count). The molecule has 0 unspecified atom stereocenters. The van der Waals surface area contributed by atoms with Crippen molar-refractivity contribution < 1.29 is 4.74 Å². The van der Waals surface area contributed by atoms with E-state index in [1.165, 1.54) is 11.1 Å². The number of hydrogen-bond acceptors (Lipinski definition) is 2. The highest BCUT2D eigenvalue weighted by atomic mass is 16.5.